The van der Waals surface area contributed by atoms with Crippen molar-refractivity contribution >= 4 is 39.7 Å². The first-order chi connectivity index (χ1) is 13.5. The van der Waals surface area contributed by atoms with E-state index in [4.69, 9.17) is 26.2 Å². The van der Waals surface area contributed by atoms with Gasteiger partial charge in [-0.2, -0.15) is 0 Å². The van der Waals surface area contributed by atoms with Gasteiger partial charge in [0.1, 0.15) is 28.4 Å². The van der Waals surface area contributed by atoms with Crippen LogP contribution in [0.1, 0.15) is 17.6 Å². The fraction of sp³-hybridized carbons (Fsp3) is 0.250. The number of hydrogen-bond donors (Lipinski definition) is 2. The van der Waals surface area contributed by atoms with Crippen molar-refractivity contribution in [3.63, 3.8) is 0 Å². The maximum Gasteiger partial charge on any atom is 0.176 e. The molecule has 0 radical (unpaired) electrons. The quantitative estimate of drug-likeness (QED) is 0.379. The summed E-state index contributed by atoms with van der Waals surface area (Å²) in [5.41, 5.74) is 8.42. The van der Waals surface area contributed by atoms with Crippen molar-refractivity contribution in [2.45, 2.75) is 32.1 Å². The molecule has 3 N–H and O–H groups in total. The van der Waals surface area contributed by atoms with Crippen LogP contribution in [0.2, 0.25) is 5.15 Å². The molecule has 0 aromatic carbocycles. The van der Waals surface area contributed by atoms with Crippen LogP contribution in [0.4, 0.5) is 10.1 Å². The average Bonchev–Trinajstić information content (AvgIpc) is 3.40. The van der Waals surface area contributed by atoms with Gasteiger partial charge < -0.3 is 19.9 Å². The summed E-state index contributed by atoms with van der Waals surface area (Å²) >= 11 is 7.93. The van der Waals surface area contributed by atoms with Crippen molar-refractivity contribution in [3.05, 3.63) is 57.8 Å². The minimum absolute atomic E-state index is 0.214. The van der Waals surface area contributed by atoms with Crippen LogP contribution in [-0.4, -0.2) is 17.2 Å². The molecule has 0 fully saturated rings. The summed E-state index contributed by atoms with van der Waals surface area (Å²) < 4.78 is 25.4. The Morgan fingerprint density at radius 1 is 1.36 bits per heavy atom. The highest BCUT2D eigenvalue weighted by molar-refractivity contribution is 7.09. The third kappa shape index (κ3) is 3.78. The smallest absolute Gasteiger partial charge is 0.176 e. The molecule has 0 saturated carbocycles. The normalized spacial score (nSPS) is 13.7. The Kier molecular flexibility index (Phi) is 5.39. The summed E-state index contributed by atoms with van der Waals surface area (Å²) in [6, 6.07) is 8.63. The van der Waals surface area contributed by atoms with E-state index >= 15 is 0 Å². The monoisotopic (exact) mass is 419 g/mol. The summed E-state index contributed by atoms with van der Waals surface area (Å²) in [7, 11) is 0. The van der Waals surface area contributed by atoms with E-state index in [9.17, 15) is 4.39 Å². The van der Waals surface area contributed by atoms with E-state index in [-0.39, 0.29) is 6.42 Å². The number of rotatable bonds is 7. The van der Waals surface area contributed by atoms with Crippen molar-refractivity contribution in [2.24, 2.45) is 5.73 Å². The Bertz CT molecular complexity index is 1060. The molecule has 0 aliphatic carbocycles. The minimum atomic E-state index is -1.18. The highest BCUT2D eigenvalue weighted by Gasteiger charge is 2.25. The topological polar surface area (TPSA) is 77.2 Å². The van der Waals surface area contributed by atoms with Gasteiger partial charge in [-0.1, -0.05) is 17.7 Å². The maximum atomic E-state index is 13.7. The molecule has 0 unspecified atom stereocenters. The number of nitrogens with one attached hydrogen (secondary N) is 1. The number of alkyl halides is 1. The van der Waals surface area contributed by atoms with E-state index in [1.54, 1.807) is 35.8 Å². The molecule has 0 amide bonds. The average molecular weight is 420 g/mol. The molecular weight excluding hydrogens is 401 g/mol. The fourth-order valence-corrected chi connectivity index (χ4v) is 3.84. The molecule has 5 nitrogen and oxygen atoms in total. The summed E-state index contributed by atoms with van der Waals surface area (Å²) in [6.07, 6.45) is 0.605. The van der Waals surface area contributed by atoms with Crippen molar-refractivity contribution in [2.75, 3.05) is 5.32 Å². The van der Waals surface area contributed by atoms with E-state index in [0.717, 1.165) is 0 Å². The first-order valence-corrected chi connectivity index (χ1v) is 10.1. The predicted molar refractivity (Wildman–Crippen MR) is 111 cm³/mol. The van der Waals surface area contributed by atoms with E-state index in [1.165, 1.54) is 11.8 Å². The van der Waals surface area contributed by atoms with Crippen molar-refractivity contribution < 1.29 is 13.2 Å². The number of halogens is 2. The number of aromatic nitrogens is 1. The van der Waals surface area contributed by atoms with Crippen LogP contribution in [0, 0.1) is 0 Å². The van der Waals surface area contributed by atoms with Crippen molar-refractivity contribution in [1.29, 1.82) is 0 Å². The lowest BCUT2D eigenvalue weighted by Gasteiger charge is -2.11. The molecular formula is C20H19ClFN3O2S. The molecule has 0 bridgehead atoms. The van der Waals surface area contributed by atoms with Gasteiger partial charge in [0.25, 0.3) is 0 Å². The van der Waals surface area contributed by atoms with E-state index in [2.05, 4.69) is 10.3 Å². The Morgan fingerprint density at radius 3 is 2.89 bits per heavy atom. The number of nitrogens with two attached hydrogens (primary N) is 1. The molecule has 0 aliphatic heterocycles. The number of fused-ring (bicyclic) bond motifs is 1. The molecule has 28 heavy (non-hydrogen) atoms. The van der Waals surface area contributed by atoms with Crippen LogP contribution in [0.5, 0.6) is 0 Å². The molecule has 146 valence electrons. The van der Waals surface area contributed by atoms with Crippen LogP contribution in [-0.2, 0) is 13.0 Å². The molecule has 0 aliphatic rings. The zero-order valence-corrected chi connectivity index (χ0v) is 16.7. The Morgan fingerprint density at radius 2 is 2.21 bits per heavy atom. The minimum Gasteiger partial charge on any atom is -0.464 e. The molecule has 4 aromatic rings. The largest absolute Gasteiger partial charge is 0.464 e. The number of thiophene rings is 1. The van der Waals surface area contributed by atoms with Crippen LogP contribution in [0.15, 0.2) is 50.8 Å². The fourth-order valence-electron chi connectivity index (χ4n) is 3.00. The van der Waals surface area contributed by atoms with Gasteiger partial charge in [0.15, 0.2) is 5.58 Å². The Labute approximate surface area is 170 Å². The van der Waals surface area contributed by atoms with Gasteiger partial charge in [-0.3, -0.25) is 0 Å². The molecule has 0 saturated heterocycles. The van der Waals surface area contributed by atoms with Crippen LogP contribution >= 0.6 is 22.9 Å². The third-order valence-corrected chi connectivity index (χ3v) is 5.56. The summed E-state index contributed by atoms with van der Waals surface area (Å²) in [5, 5.41) is 5.69. The zero-order valence-electron chi connectivity index (χ0n) is 15.1. The van der Waals surface area contributed by atoms with Crippen molar-refractivity contribution in [3.8, 4) is 11.3 Å². The first-order valence-electron chi connectivity index (χ1n) is 8.84. The van der Waals surface area contributed by atoms with Gasteiger partial charge in [-0.25, -0.2) is 9.37 Å². The highest BCUT2D eigenvalue weighted by Crippen LogP contribution is 2.39. The number of furan rings is 2. The van der Waals surface area contributed by atoms with Crippen molar-refractivity contribution in [1.82, 2.24) is 4.98 Å². The second-order valence-electron chi connectivity index (χ2n) is 6.53. The van der Waals surface area contributed by atoms with Crippen LogP contribution in [0.25, 0.3) is 22.4 Å². The highest BCUT2D eigenvalue weighted by atomic mass is 35.5. The van der Waals surface area contributed by atoms with Crippen LogP contribution in [0.3, 0.4) is 0 Å². The lowest BCUT2D eigenvalue weighted by molar-refractivity contribution is 0.296. The number of nitrogens with zero attached hydrogens (tertiary/aromatic N) is 1. The molecule has 0 spiro atoms. The van der Waals surface area contributed by atoms with E-state index in [0.29, 0.717) is 45.6 Å². The number of anilines is 1. The van der Waals surface area contributed by atoms with Gasteiger partial charge in [-0.05, 0) is 30.5 Å². The molecule has 4 aromatic heterocycles. The second kappa shape index (κ2) is 7.95. The lowest BCUT2D eigenvalue weighted by atomic mass is 10.0. The predicted octanol–water partition coefficient (Wildman–Crippen LogP) is 5.64. The summed E-state index contributed by atoms with van der Waals surface area (Å²) in [6.45, 7) is 2.06. The Hall–Kier alpha value is -2.35. The molecule has 4 rings (SSSR count). The molecule has 8 heteroatoms. The summed E-state index contributed by atoms with van der Waals surface area (Å²) in [5.74, 6) is 1.10. The zero-order chi connectivity index (χ0) is 19.7. The van der Waals surface area contributed by atoms with Gasteiger partial charge in [0.05, 0.1) is 17.5 Å². The Balaban J connectivity index is 1.81. The standard InChI is InChI=1S/C20H19ClFN3O2S/c1-11(22)13(23)8-16-18(15-5-2-6-26-15)19-20(27-16)14(9-17(21)25-19)24-10-12-4-3-7-28-12/h2-7,9,11,13H,8,10,23H2,1H3,(H,24,25)/t11-,13+/m0/s1. The molecule has 2 atom stereocenters. The van der Waals surface area contributed by atoms with E-state index < -0.39 is 12.2 Å². The summed E-state index contributed by atoms with van der Waals surface area (Å²) in [4.78, 5) is 5.62. The van der Waals surface area contributed by atoms with Gasteiger partial charge in [0, 0.05) is 30.0 Å². The first kappa shape index (κ1) is 19.0. The number of pyridine rings is 1. The molecule has 4 heterocycles. The maximum absolute atomic E-state index is 13.7. The SMILES string of the molecule is C[C@H](F)[C@H](N)Cc1oc2c(NCc3cccs3)cc(Cl)nc2c1-c1ccco1. The van der Waals surface area contributed by atoms with Gasteiger partial charge >= 0.3 is 0 Å². The number of hydrogen-bond acceptors (Lipinski definition) is 6. The van der Waals surface area contributed by atoms with Gasteiger partial charge in [-0.15, -0.1) is 11.3 Å². The van der Waals surface area contributed by atoms with E-state index in [1.807, 2.05) is 17.5 Å². The van der Waals surface area contributed by atoms with Gasteiger partial charge in [0.2, 0.25) is 0 Å². The lowest BCUT2D eigenvalue weighted by Crippen LogP contribution is -2.31. The van der Waals surface area contributed by atoms with Crippen LogP contribution < -0.4 is 11.1 Å². The second-order valence-corrected chi connectivity index (χ2v) is 7.95. The third-order valence-electron chi connectivity index (χ3n) is 4.49.